The molecule has 1 saturated heterocycles. The predicted octanol–water partition coefficient (Wildman–Crippen LogP) is 5.23. The summed E-state index contributed by atoms with van der Waals surface area (Å²) in [4.78, 5) is 0. The number of rotatable bonds is 5. The highest BCUT2D eigenvalue weighted by Crippen LogP contribution is 2.55. The summed E-state index contributed by atoms with van der Waals surface area (Å²) >= 11 is 0. The standard InChI is InChI=1S/C25H36O3/c1-24(2)21(19-26-4)13-15-25(24,3)16-14-23-22(12-8-9-17-27-23)28-18-20-10-6-5-7-11-20/h5-7,10-11,21-23H,8-9,12-13,15,17-19H2,1-4H3/t21-,22+,23-,25-/m0/s1. The lowest BCUT2D eigenvalue weighted by atomic mass is 9.66. The van der Waals surface area contributed by atoms with E-state index in [4.69, 9.17) is 14.2 Å². The van der Waals surface area contributed by atoms with Gasteiger partial charge in [0.15, 0.2) is 0 Å². The van der Waals surface area contributed by atoms with Crippen LogP contribution in [0.5, 0.6) is 0 Å². The first-order valence-corrected chi connectivity index (χ1v) is 10.7. The van der Waals surface area contributed by atoms with Crippen molar-refractivity contribution in [3.63, 3.8) is 0 Å². The molecule has 154 valence electrons. The summed E-state index contributed by atoms with van der Waals surface area (Å²) in [7, 11) is 1.80. The van der Waals surface area contributed by atoms with Gasteiger partial charge in [-0.05, 0) is 55.9 Å². The molecule has 28 heavy (non-hydrogen) atoms. The van der Waals surface area contributed by atoms with E-state index >= 15 is 0 Å². The fraction of sp³-hybridized carbons (Fsp3) is 0.680. The summed E-state index contributed by atoms with van der Waals surface area (Å²) in [5.41, 5.74) is 1.31. The van der Waals surface area contributed by atoms with Crippen LogP contribution in [0.15, 0.2) is 30.3 Å². The molecule has 0 radical (unpaired) electrons. The Morgan fingerprint density at radius 1 is 1.11 bits per heavy atom. The lowest BCUT2D eigenvalue weighted by molar-refractivity contribution is -0.0458. The fourth-order valence-corrected chi connectivity index (χ4v) is 4.54. The first kappa shape index (κ1) is 21.4. The summed E-state index contributed by atoms with van der Waals surface area (Å²) in [6.45, 7) is 9.20. The molecule has 3 heteroatoms. The molecule has 1 aliphatic heterocycles. The van der Waals surface area contributed by atoms with E-state index in [-0.39, 0.29) is 23.0 Å². The molecule has 1 aromatic carbocycles. The second kappa shape index (κ2) is 9.44. The van der Waals surface area contributed by atoms with Crippen LogP contribution in [0, 0.1) is 28.6 Å². The van der Waals surface area contributed by atoms with Crippen LogP contribution in [0.4, 0.5) is 0 Å². The minimum absolute atomic E-state index is 0.0180. The van der Waals surface area contributed by atoms with Crippen molar-refractivity contribution in [3.05, 3.63) is 35.9 Å². The molecule has 1 heterocycles. The van der Waals surface area contributed by atoms with Crippen LogP contribution in [0.3, 0.4) is 0 Å². The van der Waals surface area contributed by atoms with Crippen molar-refractivity contribution in [1.29, 1.82) is 0 Å². The molecule has 0 amide bonds. The molecular formula is C25H36O3. The summed E-state index contributed by atoms with van der Waals surface area (Å²) in [6, 6.07) is 10.4. The molecule has 0 spiro atoms. The Morgan fingerprint density at radius 3 is 2.64 bits per heavy atom. The van der Waals surface area contributed by atoms with Crippen LogP contribution in [0.2, 0.25) is 0 Å². The normalized spacial score (nSPS) is 32.4. The number of benzene rings is 1. The van der Waals surface area contributed by atoms with Crippen LogP contribution in [-0.2, 0) is 20.8 Å². The van der Waals surface area contributed by atoms with Gasteiger partial charge in [-0.15, -0.1) is 0 Å². The van der Waals surface area contributed by atoms with Gasteiger partial charge in [0.1, 0.15) is 6.10 Å². The maximum atomic E-state index is 6.27. The maximum Gasteiger partial charge on any atom is 0.144 e. The lowest BCUT2D eigenvalue weighted by Crippen LogP contribution is -2.35. The van der Waals surface area contributed by atoms with Crippen LogP contribution < -0.4 is 0 Å². The van der Waals surface area contributed by atoms with Crippen molar-refractivity contribution < 1.29 is 14.2 Å². The number of hydrogen-bond acceptors (Lipinski definition) is 3. The zero-order valence-corrected chi connectivity index (χ0v) is 18.0. The minimum Gasteiger partial charge on any atom is -0.384 e. The van der Waals surface area contributed by atoms with Crippen LogP contribution in [-0.4, -0.2) is 32.5 Å². The molecule has 0 aromatic heterocycles. The molecule has 0 N–H and O–H groups in total. The highest BCUT2D eigenvalue weighted by molar-refractivity contribution is 5.22. The maximum absolute atomic E-state index is 6.27. The average molecular weight is 385 g/mol. The van der Waals surface area contributed by atoms with E-state index in [0.29, 0.717) is 12.5 Å². The van der Waals surface area contributed by atoms with Crippen molar-refractivity contribution >= 4 is 0 Å². The van der Waals surface area contributed by atoms with Crippen molar-refractivity contribution in [2.75, 3.05) is 20.3 Å². The Labute approximate surface area is 171 Å². The topological polar surface area (TPSA) is 27.7 Å². The monoisotopic (exact) mass is 384 g/mol. The molecule has 0 unspecified atom stereocenters. The lowest BCUT2D eigenvalue weighted by Gasteiger charge is -2.38. The molecule has 1 saturated carbocycles. The van der Waals surface area contributed by atoms with Crippen molar-refractivity contribution in [2.45, 2.75) is 71.7 Å². The van der Waals surface area contributed by atoms with Gasteiger partial charge < -0.3 is 14.2 Å². The Bertz CT molecular complexity index is 672. The second-order valence-electron chi connectivity index (χ2n) is 9.14. The number of ether oxygens (including phenoxy) is 3. The van der Waals surface area contributed by atoms with Gasteiger partial charge in [0, 0.05) is 25.7 Å². The van der Waals surface area contributed by atoms with Crippen molar-refractivity contribution in [2.24, 2.45) is 16.7 Å². The summed E-state index contributed by atoms with van der Waals surface area (Å²) in [5.74, 6) is 7.72. The van der Waals surface area contributed by atoms with E-state index in [2.05, 4.69) is 56.9 Å². The molecule has 2 aliphatic rings. The Balaban J connectivity index is 1.71. The van der Waals surface area contributed by atoms with Crippen LogP contribution in [0.25, 0.3) is 0 Å². The zero-order valence-electron chi connectivity index (χ0n) is 18.0. The molecule has 1 aliphatic carbocycles. The van der Waals surface area contributed by atoms with Crippen molar-refractivity contribution in [1.82, 2.24) is 0 Å². The van der Waals surface area contributed by atoms with E-state index in [1.807, 2.05) is 6.07 Å². The summed E-state index contributed by atoms with van der Waals surface area (Å²) in [6.07, 6.45) is 5.42. The summed E-state index contributed by atoms with van der Waals surface area (Å²) in [5, 5.41) is 0. The second-order valence-corrected chi connectivity index (χ2v) is 9.14. The van der Waals surface area contributed by atoms with Crippen molar-refractivity contribution in [3.8, 4) is 11.8 Å². The van der Waals surface area contributed by atoms with Gasteiger partial charge in [-0.25, -0.2) is 0 Å². The molecule has 1 aromatic rings. The van der Waals surface area contributed by atoms with Gasteiger partial charge in [-0.1, -0.05) is 56.0 Å². The van der Waals surface area contributed by atoms with E-state index in [1.165, 1.54) is 12.0 Å². The van der Waals surface area contributed by atoms with Gasteiger partial charge in [0.05, 0.1) is 12.7 Å². The third-order valence-corrected chi connectivity index (χ3v) is 7.12. The van der Waals surface area contributed by atoms with Gasteiger partial charge in [-0.2, -0.15) is 0 Å². The smallest absolute Gasteiger partial charge is 0.144 e. The first-order chi connectivity index (χ1) is 13.5. The molecular weight excluding hydrogens is 348 g/mol. The van der Waals surface area contributed by atoms with E-state index in [1.54, 1.807) is 7.11 Å². The number of hydrogen-bond donors (Lipinski definition) is 0. The largest absolute Gasteiger partial charge is 0.384 e. The highest BCUT2D eigenvalue weighted by Gasteiger charge is 2.50. The average Bonchev–Trinajstić information content (AvgIpc) is 2.85. The Morgan fingerprint density at radius 2 is 1.89 bits per heavy atom. The third kappa shape index (κ3) is 4.79. The summed E-state index contributed by atoms with van der Waals surface area (Å²) < 4.78 is 17.9. The third-order valence-electron chi connectivity index (χ3n) is 7.12. The molecule has 4 atom stereocenters. The Kier molecular flexibility index (Phi) is 7.20. The highest BCUT2D eigenvalue weighted by atomic mass is 16.5. The van der Waals surface area contributed by atoms with Crippen LogP contribution in [0.1, 0.15) is 58.4 Å². The fourth-order valence-electron chi connectivity index (χ4n) is 4.54. The van der Waals surface area contributed by atoms with Gasteiger partial charge in [-0.3, -0.25) is 0 Å². The molecule has 3 nitrogen and oxygen atoms in total. The van der Waals surface area contributed by atoms with E-state index < -0.39 is 0 Å². The predicted molar refractivity (Wildman–Crippen MR) is 113 cm³/mol. The Hall–Kier alpha value is -1.34. The van der Waals surface area contributed by atoms with Gasteiger partial charge >= 0.3 is 0 Å². The quantitative estimate of drug-likeness (QED) is 0.650. The first-order valence-electron chi connectivity index (χ1n) is 10.7. The van der Waals surface area contributed by atoms with Crippen LogP contribution >= 0.6 is 0 Å². The van der Waals surface area contributed by atoms with Gasteiger partial charge in [0.25, 0.3) is 0 Å². The molecule has 0 bridgehead atoms. The minimum atomic E-state index is -0.139. The SMILES string of the molecule is COC[C@@H]1CC[C@@](C)(C#C[C@@H]2OCCCC[C@H]2OCc2ccccc2)C1(C)C. The van der Waals surface area contributed by atoms with Gasteiger partial charge in [0.2, 0.25) is 0 Å². The van der Waals surface area contributed by atoms with E-state index in [0.717, 1.165) is 38.9 Å². The number of methoxy groups -OCH3 is 1. The zero-order chi connectivity index (χ0) is 20.0. The molecule has 3 rings (SSSR count). The van der Waals surface area contributed by atoms with E-state index in [9.17, 15) is 0 Å². The molecule has 2 fully saturated rings.